The van der Waals surface area contributed by atoms with Gasteiger partial charge in [0.05, 0.1) is 17.3 Å². The van der Waals surface area contributed by atoms with Crippen molar-refractivity contribution in [3.8, 4) is 0 Å². The number of aryl methyl sites for hydroxylation is 1. The van der Waals surface area contributed by atoms with E-state index in [2.05, 4.69) is 5.10 Å². The van der Waals surface area contributed by atoms with Crippen LogP contribution in [0.1, 0.15) is 27.3 Å². The van der Waals surface area contributed by atoms with Crippen LogP contribution in [0.25, 0.3) is 0 Å². The number of carbonyl (C=O) groups excluding carboxylic acids is 1. The van der Waals surface area contributed by atoms with Gasteiger partial charge in [0.1, 0.15) is 10.7 Å². The smallest absolute Gasteiger partial charge is 0.258 e. The van der Waals surface area contributed by atoms with Crippen LogP contribution >= 0.6 is 11.6 Å². The lowest BCUT2D eigenvalue weighted by molar-refractivity contribution is 0.0984. The minimum atomic E-state index is -3.84. The van der Waals surface area contributed by atoms with Gasteiger partial charge in [-0.3, -0.25) is 9.48 Å². The van der Waals surface area contributed by atoms with Gasteiger partial charge in [0.25, 0.3) is 5.91 Å². The molecule has 2 heterocycles. The second-order valence-electron chi connectivity index (χ2n) is 8.75. The first-order chi connectivity index (χ1) is 17.8. The van der Waals surface area contributed by atoms with E-state index in [4.69, 9.17) is 11.6 Å². The summed E-state index contributed by atoms with van der Waals surface area (Å²) in [5.41, 5.74) is 3.25. The van der Waals surface area contributed by atoms with E-state index in [1.165, 1.54) is 34.6 Å². The van der Waals surface area contributed by atoms with E-state index >= 15 is 0 Å². The van der Waals surface area contributed by atoms with Crippen LogP contribution in [0, 0.1) is 5.82 Å². The first-order valence-electron chi connectivity index (χ1n) is 11.7. The highest BCUT2D eigenvalue weighted by Gasteiger charge is 2.34. The van der Waals surface area contributed by atoms with Crippen LogP contribution in [0.2, 0.25) is 5.02 Å². The van der Waals surface area contributed by atoms with Crippen molar-refractivity contribution in [2.75, 3.05) is 11.4 Å². The fourth-order valence-electron chi connectivity index (χ4n) is 4.56. The number of sulfonamides is 1. The SMILES string of the molecule is Cn1nc(CN(C(=O)c2ccc(F)cc2)c2ccccc2)c2c1CCN(S(=O)(=O)c1ccccc1Cl)C2. The standard InChI is InChI=1S/C27H24ClFN4O3S/c1-31-25-15-16-32(37(35,36)26-10-6-5-9-23(26)28)17-22(25)24(30-31)18-33(21-7-3-2-4-8-21)27(34)19-11-13-20(29)14-12-19/h2-14H,15-18H2,1H3. The number of fused-ring (bicyclic) bond motifs is 1. The number of hydrogen-bond acceptors (Lipinski definition) is 4. The highest BCUT2D eigenvalue weighted by atomic mass is 35.5. The van der Waals surface area contributed by atoms with Crippen LogP contribution in [0.15, 0.2) is 83.8 Å². The molecule has 0 aliphatic carbocycles. The van der Waals surface area contributed by atoms with Crippen LogP contribution in [0.3, 0.4) is 0 Å². The summed E-state index contributed by atoms with van der Waals surface area (Å²) in [6.45, 7) is 0.513. The van der Waals surface area contributed by atoms with Crippen molar-refractivity contribution >= 4 is 33.2 Å². The molecule has 0 spiro atoms. The highest BCUT2D eigenvalue weighted by Crippen LogP contribution is 2.31. The molecule has 0 bridgehead atoms. The zero-order valence-electron chi connectivity index (χ0n) is 20.0. The molecular formula is C27H24ClFN4O3S. The molecule has 0 saturated carbocycles. The molecule has 7 nitrogen and oxygen atoms in total. The molecule has 10 heteroatoms. The molecule has 1 aromatic heterocycles. The average Bonchev–Trinajstić information content (AvgIpc) is 3.22. The zero-order chi connectivity index (χ0) is 26.2. The molecule has 0 atom stereocenters. The normalized spacial score (nSPS) is 13.8. The van der Waals surface area contributed by atoms with Crippen LogP contribution in [-0.4, -0.2) is 35.0 Å². The van der Waals surface area contributed by atoms with Gasteiger partial charge >= 0.3 is 0 Å². The van der Waals surface area contributed by atoms with Crippen molar-refractivity contribution in [3.63, 3.8) is 0 Å². The van der Waals surface area contributed by atoms with Crippen LogP contribution < -0.4 is 4.90 Å². The maximum atomic E-state index is 13.5. The summed E-state index contributed by atoms with van der Waals surface area (Å²) in [6, 6.07) is 20.9. The Hall–Kier alpha value is -3.53. The Bertz CT molecular complexity index is 1560. The number of amides is 1. The van der Waals surface area contributed by atoms with Crippen LogP contribution in [0.4, 0.5) is 10.1 Å². The maximum Gasteiger partial charge on any atom is 0.258 e. The van der Waals surface area contributed by atoms with Crippen molar-refractivity contribution in [1.29, 1.82) is 0 Å². The third-order valence-electron chi connectivity index (χ3n) is 6.46. The quantitative estimate of drug-likeness (QED) is 0.353. The number of aromatic nitrogens is 2. The van der Waals surface area contributed by atoms with Gasteiger partial charge in [0.2, 0.25) is 10.0 Å². The van der Waals surface area contributed by atoms with Gasteiger partial charge in [-0.2, -0.15) is 9.40 Å². The number of nitrogens with zero attached hydrogens (tertiary/aromatic N) is 4. The summed E-state index contributed by atoms with van der Waals surface area (Å²) in [6.07, 6.45) is 0.472. The number of rotatable bonds is 6. The van der Waals surface area contributed by atoms with E-state index in [-0.39, 0.29) is 35.5 Å². The molecule has 0 fully saturated rings. The summed E-state index contributed by atoms with van der Waals surface area (Å²) in [7, 11) is -2.02. The van der Waals surface area contributed by atoms with Gasteiger partial charge in [-0.1, -0.05) is 41.9 Å². The zero-order valence-corrected chi connectivity index (χ0v) is 21.6. The Labute approximate surface area is 219 Å². The van der Waals surface area contributed by atoms with E-state index in [0.29, 0.717) is 23.4 Å². The number of para-hydroxylation sites is 1. The second-order valence-corrected chi connectivity index (χ2v) is 11.1. The van der Waals surface area contributed by atoms with E-state index in [1.54, 1.807) is 27.8 Å². The van der Waals surface area contributed by atoms with Crippen molar-refractivity contribution in [3.05, 3.63) is 112 Å². The van der Waals surface area contributed by atoms with Gasteiger partial charge in [-0.15, -0.1) is 0 Å². The Morgan fingerprint density at radius 2 is 1.70 bits per heavy atom. The number of halogens is 2. The molecule has 5 rings (SSSR count). The predicted molar refractivity (Wildman–Crippen MR) is 139 cm³/mol. The van der Waals surface area contributed by atoms with Gasteiger partial charge in [0.15, 0.2) is 0 Å². The number of benzene rings is 3. The molecular weight excluding hydrogens is 515 g/mol. The fraction of sp³-hybridized carbons (Fsp3) is 0.185. The largest absolute Gasteiger partial charge is 0.302 e. The lowest BCUT2D eigenvalue weighted by Gasteiger charge is -2.28. The minimum Gasteiger partial charge on any atom is -0.302 e. The summed E-state index contributed by atoms with van der Waals surface area (Å²) >= 11 is 6.21. The van der Waals surface area contributed by atoms with Crippen LogP contribution in [0.5, 0.6) is 0 Å². The molecule has 0 saturated heterocycles. The summed E-state index contributed by atoms with van der Waals surface area (Å²) in [4.78, 5) is 15.2. The van der Waals surface area contributed by atoms with E-state index in [9.17, 15) is 17.6 Å². The monoisotopic (exact) mass is 538 g/mol. The van der Waals surface area contributed by atoms with Crippen molar-refractivity contribution in [1.82, 2.24) is 14.1 Å². The molecule has 190 valence electrons. The first kappa shape index (κ1) is 25.1. The van der Waals surface area contributed by atoms with Crippen molar-refractivity contribution < 1.29 is 17.6 Å². The van der Waals surface area contributed by atoms with Gasteiger partial charge < -0.3 is 4.90 Å². The minimum absolute atomic E-state index is 0.0583. The molecule has 0 radical (unpaired) electrons. The van der Waals surface area contributed by atoms with Crippen LogP contribution in [-0.2, 0) is 36.6 Å². The lowest BCUT2D eigenvalue weighted by Crippen LogP contribution is -2.37. The molecule has 1 aliphatic rings. The highest BCUT2D eigenvalue weighted by molar-refractivity contribution is 7.89. The average molecular weight is 539 g/mol. The first-order valence-corrected chi connectivity index (χ1v) is 13.5. The summed E-state index contributed by atoms with van der Waals surface area (Å²) in [5.74, 6) is -0.747. The Kier molecular flexibility index (Phi) is 6.85. The lowest BCUT2D eigenvalue weighted by atomic mass is 10.1. The Balaban J connectivity index is 1.50. The maximum absolute atomic E-state index is 13.5. The number of carbonyl (C=O) groups is 1. The summed E-state index contributed by atoms with van der Waals surface area (Å²) in [5, 5.41) is 4.84. The summed E-state index contributed by atoms with van der Waals surface area (Å²) < 4.78 is 43.5. The molecule has 37 heavy (non-hydrogen) atoms. The fourth-order valence-corrected chi connectivity index (χ4v) is 6.46. The third kappa shape index (κ3) is 4.90. The topological polar surface area (TPSA) is 75.5 Å². The predicted octanol–water partition coefficient (Wildman–Crippen LogP) is 4.81. The Morgan fingerprint density at radius 1 is 1.03 bits per heavy atom. The van der Waals surface area contributed by atoms with Crippen molar-refractivity contribution in [2.24, 2.45) is 7.05 Å². The molecule has 1 aliphatic heterocycles. The van der Waals surface area contributed by atoms with E-state index in [0.717, 1.165) is 11.3 Å². The molecule has 0 unspecified atom stereocenters. The molecule has 4 aromatic rings. The van der Waals surface area contributed by atoms with Gasteiger partial charge in [-0.25, -0.2) is 12.8 Å². The van der Waals surface area contributed by atoms with E-state index in [1.807, 2.05) is 37.4 Å². The second kappa shape index (κ2) is 10.1. The molecule has 3 aromatic carbocycles. The number of hydrogen-bond donors (Lipinski definition) is 0. The molecule has 0 N–H and O–H groups in total. The Morgan fingerprint density at radius 3 is 2.41 bits per heavy atom. The van der Waals surface area contributed by atoms with Gasteiger partial charge in [0, 0.05) is 49.1 Å². The number of anilines is 1. The van der Waals surface area contributed by atoms with Gasteiger partial charge in [-0.05, 0) is 48.5 Å². The van der Waals surface area contributed by atoms with Crippen molar-refractivity contribution in [2.45, 2.75) is 24.4 Å². The molecule has 1 amide bonds. The van der Waals surface area contributed by atoms with E-state index < -0.39 is 15.8 Å². The third-order valence-corrected chi connectivity index (χ3v) is 8.80.